The van der Waals surface area contributed by atoms with Crippen molar-refractivity contribution in [2.24, 2.45) is 0 Å². The summed E-state index contributed by atoms with van der Waals surface area (Å²) in [5.41, 5.74) is 3.65. The van der Waals surface area contributed by atoms with E-state index >= 15 is 0 Å². The zero-order valence-electron chi connectivity index (χ0n) is 9.72. The lowest BCUT2D eigenvalue weighted by atomic mass is 10.1. The highest BCUT2D eigenvalue weighted by atomic mass is 14.8. The first-order chi connectivity index (χ1) is 6.65. The molecule has 1 N–H and O–H groups in total. The maximum Gasteiger partial charge on any atom is 0.0411 e. The molecule has 1 nitrogen and oxygen atoms in total. The SMILES string of the molecule is C=CNc1cc(C)ccc1C.CCC. The zero-order valence-corrected chi connectivity index (χ0v) is 9.72. The lowest BCUT2D eigenvalue weighted by Crippen LogP contribution is -1.90. The summed E-state index contributed by atoms with van der Waals surface area (Å²) in [4.78, 5) is 0. The van der Waals surface area contributed by atoms with E-state index in [0.717, 1.165) is 5.69 Å². The van der Waals surface area contributed by atoms with E-state index in [2.05, 4.69) is 57.8 Å². The van der Waals surface area contributed by atoms with E-state index in [1.54, 1.807) is 6.20 Å². The van der Waals surface area contributed by atoms with Crippen molar-refractivity contribution < 1.29 is 0 Å². The van der Waals surface area contributed by atoms with E-state index in [-0.39, 0.29) is 0 Å². The van der Waals surface area contributed by atoms with Gasteiger partial charge in [-0.1, -0.05) is 39.0 Å². The number of aryl methyl sites for hydroxylation is 2. The van der Waals surface area contributed by atoms with Crippen LogP contribution >= 0.6 is 0 Å². The van der Waals surface area contributed by atoms with Crippen LogP contribution in [0.4, 0.5) is 5.69 Å². The Kier molecular flexibility index (Phi) is 6.55. The van der Waals surface area contributed by atoms with Crippen molar-refractivity contribution in [1.82, 2.24) is 0 Å². The van der Waals surface area contributed by atoms with Crippen molar-refractivity contribution >= 4 is 5.69 Å². The minimum Gasteiger partial charge on any atom is -0.362 e. The lowest BCUT2D eigenvalue weighted by Gasteiger charge is -2.05. The Morgan fingerprint density at radius 2 is 1.86 bits per heavy atom. The zero-order chi connectivity index (χ0) is 11.0. The summed E-state index contributed by atoms with van der Waals surface area (Å²) in [5, 5.41) is 3.08. The maximum absolute atomic E-state index is 3.62. The molecule has 0 aromatic heterocycles. The van der Waals surface area contributed by atoms with E-state index in [0.29, 0.717) is 0 Å². The van der Waals surface area contributed by atoms with E-state index in [1.165, 1.54) is 17.5 Å². The average molecular weight is 191 g/mol. The van der Waals surface area contributed by atoms with Gasteiger partial charge in [-0.25, -0.2) is 0 Å². The number of rotatable bonds is 2. The van der Waals surface area contributed by atoms with Gasteiger partial charge in [0.05, 0.1) is 0 Å². The van der Waals surface area contributed by atoms with E-state index in [1.807, 2.05) is 0 Å². The molecule has 1 aromatic carbocycles. The van der Waals surface area contributed by atoms with Crippen molar-refractivity contribution in [2.75, 3.05) is 5.32 Å². The Bertz CT molecular complexity index is 277. The molecule has 0 atom stereocenters. The lowest BCUT2D eigenvalue weighted by molar-refractivity contribution is 1.09. The van der Waals surface area contributed by atoms with Gasteiger partial charge >= 0.3 is 0 Å². The van der Waals surface area contributed by atoms with Gasteiger partial charge in [0.15, 0.2) is 0 Å². The summed E-state index contributed by atoms with van der Waals surface area (Å²) in [6.07, 6.45) is 2.95. The topological polar surface area (TPSA) is 12.0 Å². The molecular weight excluding hydrogens is 170 g/mol. The van der Waals surface area contributed by atoms with Crippen molar-refractivity contribution in [2.45, 2.75) is 34.1 Å². The third-order valence-electron chi connectivity index (χ3n) is 1.65. The van der Waals surface area contributed by atoms with Crippen LogP contribution in [0.2, 0.25) is 0 Å². The van der Waals surface area contributed by atoms with Gasteiger partial charge in [0.25, 0.3) is 0 Å². The van der Waals surface area contributed by atoms with Gasteiger partial charge in [0.1, 0.15) is 0 Å². The maximum atomic E-state index is 3.62. The fourth-order valence-corrected chi connectivity index (χ4v) is 1.00. The Hall–Kier alpha value is -1.24. The van der Waals surface area contributed by atoms with Crippen molar-refractivity contribution in [3.63, 3.8) is 0 Å². The first-order valence-corrected chi connectivity index (χ1v) is 5.10. The van der Waals surface area contributed by atoms with Crippen LogP contribution in [0.25, 0.3) is 0 Å². The number of hydrogen-bond donors (Lipinski definition) is 1. The van der Waals surface area contributed by atoms with Gasteiger partial charge in [0.2, 0.25) is 0 Å². The molecule has 1 rings (SSSR count). The second-order valence-electron chi connectivity index (χ2n) is 3.37. The molecule has 0 spiro atoms. The Balaban J connectivity index is 0.000000500. The Morgan fingerprint density at radius 3 is 2.36 bits per heavy atom. The normalized spacial score (nSPS) is 8.57. The predicted octanol–water partition coefficient (Wildman–Crippen LogP) is 4.28. The quantitative estimate of drug-likeness (QED) is 0.736. The molecule has 0 unspecified atom stereocenters. The van der Waals surface area contributed by atoms with E-state index < -0.39 is 0 Å². The summed E-state index contributed by atoms with van der Waals surface area (Å²) >= 11 is 0. The van der Waals surface area contributed by atoms with Gasteiger partial charge in [-0.2, -0.15) is 0 Å². The smallest absolute Gasteiger partial charge is 0.0411 e. The molecule has 0 heterocycles. The molecule has 0 bridgehead atoms. The van der Waals surface area contributed by atoms with Crippen LogP contribution in [0.3, 0.4) is 0 Å². The van der Waals surface area contributed by atoms with Gasteiger partial charge < -0.3 is 5.32 Å². The molecule has 0 saturated carbocycles. The molecule has 0 fully saturated rings. The van der Waals surface area contributed by atoms with Gasteiger partial charge in [-0.15, -0.1) is 0 Å². The second-order valence-corrected chi connectivity index (χ2v) is 3.37. The average Bonchev–Trinajstić information content (AvgIpc) is 2.13. The molecule has 0 aliphatic carbocycles. The minimum atomic E-state index is 1.14. The summed E-state index contributed by atoms with van der Waals surface area (Å²) in [6.45, 7) is 12.0. The van der Waals surface area contributed by atoms with Crippen LogP contribution in [0.5, 0.6) is 0 Å². The molecule has 0 saturated heterocycles. The number of benzene rings is 1. The van der Waals surface area contributed by atoms with Gasteiger partial charge in [-0.05, 0) is 37.2 Å². The molecule has 1 heteroatoms. The largest absolute Gasteiger partial charge is 0.362 e. The molecule has 0 aliphatic rings. The highest BCUT2D eigenvalue weighted by Crippen LogP contribution is 2.15. The summed E-state index contributed by atoms with van der Waals surface area (Å²) in [7, 11) is 0. The Labute approximate surface area is 87.9 Å². The first-order valence-electron chi connectivity index (χ1n) is 5.10. The summed E-state index contributed by atoms with van der Waals surface area (Å²) in [6, 6.07) is 6.31. The first kappa shape index (κ1) is 12.8. The molecule has 14 heavy (non-hydrogen) atoms. The van der Waals surface area contributed by atoms with Crippen LogP contribution in [0, 0.1) is 13.8 Å². The predicted molar refractivity (Wildman–Crippen MR) is 65.7 cm³/mol. The van der Waals surface area contributed by atoms with E-state index in [9.17, 15) is 0 Å². The minimum absolute atomic E-state index is 1.14. The summed E-state index contributed by atoms with van der Waals surface area (Å²) < 4.78 is 0. The molecule has 0 aliphatic heterocycles. The van der Waals surface area contributed by atoms with Crippen LogP contribution in [-0.2, 0) is 0 Å². The Morgan fingerprint density at radius 1 is 1.29 bits per heavy atom. The van der Waals surface area contributed by atoms with Crippen molar-refractivity contribution in [1.29, 1.82) is 0 Å². The monoisotopic (exact) mass is 191 g/mol. The van der Waals surface area contributed by atoms with Crippen molar-refractivity contribution in [3.05, 3.63) is 42.1 Å². The number of hydrogen-bond acceptors (Lipinski definition) is 1. The van der Waals surface area contributed by atoms with Crippen LogP contribution in [0.15, 0.2) is 31.0 Å². The molecule has 0 amide bonds. The molecule has 78 valence electrons. The second kappa shape index (κ2) is 7.19. The van der Waals surface area contributed by atoms with Crippen LogP contribution in [0.1, 0.15) is 31.4 Å². The summed E-state index contributed by atoms with van der Waals surface area (Å²) in [5.74, 6) is 0. The van der Waals surface area contributed by atoms with Crippen molar-refractivity contribution in [3.8, 4) is 0 Å². The van der Waals surface area contributed by atoms with Crippen LogP contribution < -0.4 is 5.32 Å². The highest BCUT2D eigenvalue weighted by molar-refractivity contribution is 5.53. The van der Waals surface area contributed by atoms with Gasteiger partial charge in [-0.3, -0.25) is 0 Å². The third-order valence-corrected chi connectivity index (χ3v) is 1.65. The third kappa shape index (κ3) is 4.70. The van der Waals surface area contributed by atoms with Gasteiger partial charge in [0, 0.05) is 5.69 Å². The fraction of sp³-hybridized carbons (Fsp3) is 0.385. The van der Waals surface area contributed by atoms with Crippen LogP contribution in [-0.4, -0.2) is 0 Å². The molecular formula is C13H21N. The standard InChI is InChI=1S/C10H13N.C3H8/c1-4-11-10-7-8(2)5-6-9(10)3;1-3-2/h4-7,11H,1H2,2-3H3;3H2,1-2H3. The molecule has 1 aromatic rings. The fourth-order valence-electron chi connectivity index (χ4n) is 1.00. The highest BCUT2D eigenvalue weighted by Gasteiger charge is 1.93. The number of nitrogens with one attached hydrogen (secondary N) is 1. The number of anilines is 1. The van der Waals surface area contributed by atoms with E-state index in [4.69, 9.17) is 0 Å². The molecule has 0 radical (unpaired) electrons.